The maximum absolute atomic E-state index is 13.1. The molecule has 0 N–H and O–H groups in total. The zero-order valence-electron chi connectivity index (χ0n) is 22.5. The smallest absolute Gasteiger partial charge is 0.433 e. The first-order valence-electron chi connectivity index (χ1n) is 12.3. The van der Waals surface area contributed by atoms with Crippen molar-refractivity contribution in [1.82, 2.24) is 4.98 Å². The number of methoxy groups -OCH3 is 1. The third kappa shape index (κ3) is 9.37. The summed E-state index contributed by atoms with van der Waals surface area (Å²) in [5, 5.41) is 0. The van der Waals surface area contributed by atoms with Crippen LogP contribution in [0, 0.1) is 0 Å². The monoisotopic (exact) mass is 523 g/mol. The van der Waals surface area contributed by atoms with Crippen molar-refractivity contribution in [1.29, 1.82) is 0 Å². The minimum Gasteiger partial charge on any atom is -0.496 e. The fourth-order valence-electron chi connectivity index (χ4n) is 3.67. The number of nitrogens with zero attached hydrogens (tertiary/aromatic N) is 1. The molecule has 0 spiro atoms. The average molecular weight is 524 g/mol. The van der Waals surface area contributed by atoms with Crippen molar-refractivity contribution < 1.29 is 37.0 Å². The van der Waals surface area contributed by atoms with E-state index in [1.807, 2.05) is 32.9 Å². The lowest BCUT2D eigenvalue weighted by atomic mass is 9.91. The van der Waals surface area contributed by atoms with Crippen LogP contribution in [0.15, 0.2) is 30.3 Å². The zero-order chi connectivity index (χ0) is 28.0. The van der Waals surface area contributed by atoms with E-state index in [2.05, 4.69) is 4.98 Å². The van der Waals surface area contributed by atoms with E-state index in [1.165, 1.54) is 13.2 Å². The molecule has 37 heavy (non-hydrogen) atoms. The van der Waals surface area contributed by atoms with Gasteiger partial charge in [-0.1, -0.05) is 25.1 Å². The molecule has 6 nitrogen and oxygen atoms in total. The van der Waals surface area contributed by atoms with Gasteiger partial charge in [-0.3, -0.25) is 9.59 Å². The van der Waals surface area contributed by atoms with E-state index < -0.39 is 23.4 Å². The van der Waals surface area contributed by atoms with Gasteiger partial charge in [0.15, 0.2) is 0 Å². The summed E-state index contributed by atoms with van der Waals surface area (Å²) in [4.78, 5) is 28.7. The normalized spacial score (nSPS) is 12.8. The highest BCUT2D eigenvalue weighted by atomic mass is 19.4. The number of ketones is 1. The number of aryl methyl sites for hydroxylation is 2. The molecule has 1 atom stereocenters. The molecule has 0 fully saturated rings. The Morgan fingerprint density at radius 2 is 1.57 bits per heavy atom. The van der Waals surface area contributed by atoms with Crippen LogP contribution in [0.4, 0.5) is 13.2 Å². The lowest BCUT2D eigenvalue weighted by Crippen LogP contribution is -2.24. The first kappa shape index (κ1) is 30.1. The van der Waals surface area contributed by atoms with Gasteiger partial charge in [0.2, 0.25) is 5.88 Å². The second-order valence-corrected chi connectivity index (χ2v) is 10.2. The number of halogens is 3. The Balaban J connectivity index is 2.10. The first-order valence-corrected chi connectivity index (χ1v) is 12.3. The van der Waals surface area contributed by atoms with Gasteiger partial charge in [-0.2, -0.15) is 13.2 Å². The number of hydrogen-bond acceptors (Lipinski definition) is 6. The zero-order valence-corrected chi connectivity index (χ0v) is 22.5. The quantitative estimate of drug-likeness (QED) is 0.314. The number of esters is 1. The summed E-state index contributed by atoms with van der Waals surface area (Å²) in [5.74, 6) is -0.396. The van der Waals surface area contributed by atoms with Gasteiger partial charge in [0, 0.05) is 24.3 Å². The number of pyridine rings is 1. The summed E-state index contributed by atoms with van der Waals surface area (Å²) in [5.41, 5.74) is 0.414. The Labute approximate surface area is 216 Å². The summed E-state index contributed by atoms with van der Waals surface area (Å²) in [7, 11) is 1.52. The first-order chi connectivity index (χ1) is 17.1. The molecule has 0 aliphatic carbocycles. The molecule has 2 rings (SSSR count). The van der Waals surface area contributed by atoms with Gasteiger partial charge in [-0.05, 0) is 70.7 Å². The lowest BCUT2D eigenvalue weighted by Gasteiger charge is -2.20. The highest BCUT2D eigenvalue weighted by Crippen LogP contribution is 2.32. The largest absolute Gasteiger partial charge is 0.496 e. The SMILES string of the molecule is COc1cc(C(C)C(=O)CCc2ccc(C(F)(F)F)nc2OC(C)C)ccc1CCC(=O)OC(C)(C)C. The second kappa shape index (κ2) is 12.4. The molecule has 1 aromatic carbocycles. The van der Waals surface area contributed by atoms with Crippen LogP contribution < -0.4 is 9.47 Å². The maximum atomic E-state index is 13.1. The van der Waals surface area contributed by atoms with Crippen LogP contribution in [0.3, 0.4) is 0 Å². The summed E-state index contributed by atoms with van der Waals surface area (Å²) in [6.07, 6.45) is -4.03. The number of Topliss-reactive ketones (excluding diaryl/α,β-unsaturated/α-hetero) is 1. The van der Waals surface area contributed by atoms with Crippen LogP contribution in [0.5, 0.6) is 11.6 Å². The maximum Gasteiger partial charge on any atom is 0.433 e. The van der Waals surface area contributed by atoms with E-state index in [9.17, 15) is 22.8 Å². The summed E-state index contributed by atoms with van der Waals surface area (Å²) < 4.78 is 55.6. The Morgan fingerprint density at radius 1 is 0.946 bits per heavy atom. The summed E-state index contributed by atoms with van der Waals surface area (Å²) in [6, 6.07) is 7.64. The molecule has 0 saturated carbocycles. The van der Waals surface area contributed by atoms with E-state index in [4.69, 9.17) is 14.2 Å². The Hall–Kier alpha value is -3.10. The fraction of sp³-hybridized carbons (Fsp3) is 0.536. The third-order valence-corrected chi connectivity index (χ3v) is 5.53. The number of aromatic nitrogens is 1. The summed E-state index contributed by atoms with van der Waals surface area (Å²) >= 11 is 0. The molecule has 1 unspecified atom stereocenters. The van der Waals surface area contributed by atoms with E-state index >= 15 is 0 Å². The minimum atomic E-state index is -4.59. The van der Waals surface area contributed by atoms with Gasteiger partial charge >= 0.3 is 12.1 Å². The van der Waals surface area contributed by atoms with Crippen LogP contribution in [0.2, 0.25) is 0 Å². The number of ether oxygens (including phenoxy) is 3. The van der Waals surface area contributed by atoms with Crippen LogP contribution in [0.25, 0.3) is 0 Å². The molecule has 2 aromatic rings. The van der Waals surface area contributed by atoms with Crippen LogP contribution in [0.1, 0.15) is 82.7 Å². The van der Waals surface area contributed by atoms with E-state index in [0.717, 1.165) is 17.2 Å². The van der Waals surface area contributed by atoms with Crippen molar-refractivity contribution in [3.8, 4) is 11.6 Å². The standard InChI is InChI=1S/C28H36F3NO5/c1-17(2)36-26-20(11-14-24(32-26)28(29,30)31)10-13-22(33)18(3)21-9-8-19(23(16-21)35-7)12-15-25(34)37-27(4,5)6/h8-9,11,14,16-18H,10,12-13,15H2,1-7H3. The second-order valence-electron chi connectivity index (χ2n) is 10.2. The van der Waals surface area contributed by atoms with Gasteiger partial charge in [0.1, 0.15) is 22.8 Å². The molecule has 0 aliphatic rings. The Kier molecular flexibility index (Phi) is 10.1. The number of alkyl halides is 3. The molecular weight excluding hydrogens is 487 g/mol. The molecule has 0 amide bonds. The molecule has 9 heteroatoms. The Morgan fingerprint density at radius 3 is 2.14 bits per heavy atom. The molecule has 0 saturated heterocycles. The summed E-state index contributed by atoms with van der Waals surface area (Å²) in [6.45, 7) is 10.6. The minimum absolute atomic E-state index is 0.0843. The van der Waals surface area contributed by atoms with Crippen molar-refractivity contribution in [3.63, 3.8) is 0 Å². The number of carbonyl (C=O) groups is 2. The van der Waals surface area contributed by atoms with Crippen LogP contribution in [-0.4, -0.2) is 35.6 Å². The van der Waals surface area contributed by atoms with E-state index in [0.29, 0.717) is 17.7 Å². The number of rotatable bonds is 11. The van der Waals surface area contributed by atoms with Crippen molar-refractivity contribution in [2.24, 2.45) is 0 Å². The predicted octanol–water partition coefficient (Wildman–Crippen LogP) is 6.48. The molecule has 1 aromatic heterocycles. The fourth-order valence-corrected chi connectivity index (χ4v) is 3.67. The third-order valence-electron chi connectivity index (χ3n) is 5.53. The van der Waals surface area contributed by atoms with Gasteiger partial charge in [-0.25, -0.2) is 4.98 Å². The number of hydrogen-bond donors (Lipinski definition) is 0. The lowest BCUT2D eigenvalue weighted by molar-refractivity contribution is -0.154. The number of carbonyl (C=O) groups excluding carboxylic acids is 2. The van der Waals surface area contributed by atoms with Gasteiger partial charge in [0.05, 0.1) is 13.2 Å². The Bertz CT molecular complexity index is 1090. The highest BCUT2D eigenvalue weighted by Gasteiger charge is 2.33. The number of benzene rings is 1. The van der Waals surface area contributed by atoms with Crippen LogP contribution in [-0.2, 0) is 33.3 Å². The van der Waals surface area contributed by atoms with Crippen molar-refractivity contribution in [2.45, 2.75) is 91.0 Å². The van der Waals surface area contributed by atoms with Crippen molar-refractivity contribution in [3.05, 3.63) is 52.7 Å². The van der Waals surface area contributed by atoms with Gasteiger partial charge in [0.25, 0.3) is 0 Å². The average Bonchev–Trinajstić information content (AvgIpc) is 2.79. The molecular formula is C28H36F3NO5. The molecule has 0 aliphatic heterocycles. The van der Waals surface area contributed by atoms with Crippen molar-refractivity contribution in [2.75, 3.05) is 7.11 Å². The van der Waals surface area contributed by atoms with Gasteiger partial charge < -0.3 is 14.2 Å². The highest BCUT2D eigenvalue weighted by molar-refractivity contribution is 5.85. The van der Waals surface area contributed by atoms with E-state index in [-0.39, 0.29) is 43.0 Å². The van der Waals surface area contributed by atoms with Crippen molar-refractivity contribution >= 4 is 11.8 Å². The predicted molar refractivity (Wildman–Crippen MR) is 134 cm³/mol. The molecule has 0 bridgehead atoms. The molecule has 1 heterocycles. The van der Waals surface area contributed by atoms with Gasteiger partial charge in [-0.15, -0.1) is 0 Å². The topological polar surface area (TPSA) is 74.7 Å². The molecule has 204 valence electrons. The molecule has 0 radical (unpaired) electrons. The van der Waals surface area contributed by atoms with E-state index in [1.54, 1.807) is 26.8 Å². The van der Waals surface area contributed by atoms with Crippen LogP contribution >= 0.6 is 0 Å².